The molecule has 162 valence electrons. The van der Waals surface area contributed by atoms with Crippen molar-refractivity contribution in [3.8, 4) is 5.75 Å². The number of rotatable bonds is 5. The molecule has 2 N–H and O–H groups in total. The van der Waals surface area contributed by atoms with Crippen LogP contribution in [0.15, 0.2) is 72.8 Å². The van der Waals surface area contributed by atoms with Crippen LogP contribution < -0.4 is 20.3 Å². The molecule has 4 rings (SSSR count). The van der Waals surface area contributed by atoms with Crippen molar-refractivity contribution in [3.05, 3.63) is 83.4 Å². The Morgan fingerprint density at radius 2 is 1.72 bits per heavy atom. The summed E-state index contributed by atoms with van der Waals surface area (Å²) in [4.78, 5) is 40.4. The van der Waals surface area contributed by atoms with Gasteiger partial charge in [-0.1, -0.05) is 23.7 Å². The Kier molecular flexibility index (Phi) is 6.09. The number of carbonyl (C=O) groups is 3. The fraction of sp³-hybridized carbons (Fsp3) is 0.125. The summed E-state index contributed by atoms with van der Waals surface area (Å²) in [5, 5.41) is 6.05. The van der Waals surface area contributed by atoms with Crippen molar-refractivity contribution < 1.29 is 19.1 Å². The van der Waals surface area contributed by atoms with Crippen molar-refractivity contribution in [1.29, 1.82) is 0 Å². The van der Waals surface area contributed by atoms with Gasteiger partial charge in [-0.25, -0.2) is 0 Å². The van der Waals surface area contributed by atoms with Gasteiger partial charge < -0.3 is 15.4 Å². The fourth-order valence-electron chi connectivity index (χ4n) is 3.52. The Bertz CT molecular complexity index is 1160. The maximum Gasteiger partial charge on any atom is 0.259 e. The van der Waals surface area contributed by atoms with E-state index in [0.29, 0.717) is 33.4 Å². The zero-order valence-corrected chi connectivity index (χ0v) is 17.9. The second-order valence-electron chi connectivity index (χ2n) is 7.19. The maximum absolute atomic E-state index is 13.4. The number of amides is 3. The van der Waals surface area contributed by atoms with E-state index in [-0.39, 0.29) is 6.42 Å². The first-order chi connectivity index (χ1) is 15.5. The molecule has 0 aromatic heterocycles. The highest BCUT2D eigenvalue weighted by Gasteiger charge is 2.38. The molecular formula is C24H20ClN3O4. The number of fused-ring (bicyclic) bond motifs is 1. The zero-order chi connectivity index (χ0) is 22.7. The van der Waals surface area contributed by atoms with Crippen LogP contribution in [-0.2, 0) is 9.59 Å². The summed E-state index contributed by atoms with van der Waals surface area (Å²) >= 11 is 5.95. The molecule has 0 saturated carbocycles. The molecule has 0 spiro atoms. The molecule has 3 aromatic carbocycles. The van der Waals surface area contributed by atoms with Crippen LogP contribution in [0.1, 0.15) is 16.8 Å². The van der Waals surface area contributed by atoms with Gasteiger partial charge >= 0.3 is 0 Å². The summed E-state index contributed by atoms with van der Waals surface area (Å²) in [5.41, 5.74) is 1.95. The minimum atomic E-state index is -1.02. The third-order valence-corrected chi connectivity index (χ3v) is 5.35. The summed E-state index contributed by atoms with van der Waals surface area (Å²) in [6.07, 6.45) is -0.217. The van der Waals surface area contributed by atoms with Gasteiger partial charge in [0, 0.05) is 16.3 Å². The molecule has 0 saturated heterocycles. The smallest absolute Gasteiger partial charge is 0.259 e. The van der Waals surface area contributed by atoms with Crippen LogP contribution in [0.5, 0.6) is 5.75 Å². The van der Waals surface area contributed by atoms with E-state index in [1.165, 1.54) is 4.90 Å². The number of carbonyl (C=O) groups excluding carboxylic acids is 3. The van der Waals surface area contributed by atoms with Crippen LogP contribution in [0.25, 0.3) is 0 Å². The predicted molar refractivity (Wildman–Crippen MR) is 123 cm³/mol. The highest BCUT2D eigenvalue weighted by atomic mass is 35.5. The van der Waals surface area contributed by atoms with Gasteiger partial charge in [-0.3, -0.25) is 19.3 Å². The Balaban J connectivity index is 1.62. The molecule has 0 bridgehead atoms. The SMILES string of the molecule is COc1ccc(NC(=O)CC2C(=O)Nc3ccccc3N2C(=O)c2ccc(Cl)cc2)cc1. The molecule has 1 atom stereocenters. The molecule has 0 fully saturated rings. The normalized spacial score (nSPS) is 14.9. The number of hydrogen-bond acceptors (Lipinski definition) is 4. The zero-order valence-electron chi connectivity index (χ0n) is 17.2. The maximum atomic E-state index is 13.4. The highest BCUT2D eigenvalue weighted by Crippen LogP contribution is 2.34. The van der Waals surface area contributed by atoms with E-state index >= 15 is 0 Å². The summed E-state index contributed by atoms with van der Waals surface area (Å²) in [6, 6.07) is 19.2. The van der Waals surface area contributed by atoms with Crippen LogP contribution in [0.3, 0.4) is 0 Å². The fourth-order valence-corrected chi connectivity index (χ4v) is 3.65. The first kappa shape index (κ1) is 21.4. The number of nitrogens with one attached hydrogen (secondary N) is 2. The van der Waals surface area contributed by atoms with E-state index in [0.717, 1.165) is 0 Å². The van der Waals surface area contributed by atoms with Gasteiger partial charge in [-0.15, -0.1) is 0 Å². The van der Waals surface area contributed by atoms with E-state index < -0.39 is 23.8 Å². The Morgan fingerprint density at radius 1 is 1.03 bits per heavy atom. The second-order valence-corrected chi connectivity index (χ2v) is 7.62. The van der Waals surface area contributed by atoms with Gasteiger partial charge in [-0.2, -0.15) is 0 Å². The molecule has 7 nitrogen and oxygen atoms in total. The number of para-hydroxylation sites is 2. The molecule has 1 unspecified atom stereocenters. The Labute approximate surface area is 189 Å². The molecule has 0 radical (unpaired) electrons. The topological polar surface area (TPSA) is 87.7 Å². The molecule has 3 aromatic rings. The van der Waals surface area contributed by atoms with Gasteiger partial charge in [0.25, 0.3) is 5.91 Å². The second kappa shape index (κ2) is 9.11. The molecule has 8 heteroatoms. The van der Waals surface area contributed by atoms with Crippen molar-refractivity contribution in [2.24, 2.45) is 0 Å². The summed E-state index contributed by atoms with van der Waals surface area (Å²) < 4.78 is 5.11. The van der Waals surface area contributed by atoms with E-state index in [1.54, 1.807) is 79.9 Å². The average Bonchev–Trinajstić information content (AvgIpc) is 2.80. The monoisotopic (exact) mass is 449 g/mol. The standard InChI is InChI=1S/C24H20ClN3O4/c1-32-18-12-10-17(11-13-18)26-22(29)14-21-23(30)27-19-4-2-3-5-20(19)28(21)24(31)15-6-8-16(25)9-7-15/h2-13,21H,14H2,1H3,(H,26,29)(H,27,30). The lowest BCUT2D eigenvalue weighted by Crippen LogP contribution is -2.52. The van der Waals surface area contributed by atoms with Gasteiger partial charge in [0.15, 0.2) is 0 Å². The lowest BCUT2D eigenvalue weighted by Gasteiger charge is -2.36. The molecular weight excluding hydrogens is 430 g/mol. The summed E-state index contributed by atoms with van der Waals surface area (Å²) in [7, 11) is 1.55. The number of benzene rings is 3. The minimum absolute atomic E-state index is 0.217. The van der Waals surface area contributed by atoms with Crippen LogP contribution >= 0.6 is 11.6 Å². The molecule has 3 amide bonds. The summed E-state index contributed by atoms with van der Waals surface area (Å²) in [5.74, 6) is -0.572. The molecule has 1 aliphatic rings. The van der Waals surface area contributed by atoms with E-state index in [9.17, 15) is 14.4 Å². The number of nitrogens with zero attached hydrogens (tertiary/aromatic N) is 1. The van der Waals surface area contributed by atoms with Crippen LogP contribution in [0.2, 0.25) is 5.02 Å². The van der Waals surface area contributed by atoms with Crippen molar-refractivity contribution in [3.63, 3.8) is 0 Å². The third kappa shape index (κ3) is 4.43. The first-order valence-electron chi connectivity index (χ1n) is 9.89. The van der Waals surface area contributed by atoms with Crippen LogP contribution in [0, 0.1) is 0 Å². The van der Waals surface area contributed by atoms with E-state index in [2.05, 4.69) is 10.6 Å². The lowest BCUT2D eigenvalue weighted by atomic mass is 10.0. The van der Waals surface area contributed by atoms with Crippen LogP contribution in [-0.4, -0.2) is 30.9 Å². The molecule has 0 aliphatic carbocycles. The van der Waals surface area contributed by atoms with Crippen molar-refractivity contribution in [2.45, 2.75) is 12.5 Å². The van der Waals surface area contributed by atoms with E-state index in [4.69, 9.17) is 16.3 Å². The molecule has 1 heterocycles. The van der Waals surface area contributed by atoms with Gasteiger partial charge in [-0.05, 0) is 60.7 Å². The van der Waals surface area contributed by atoms with Crippen molar-refractivity contribution in [1.82, 2.24) is 0 Å². The number of halogens is 1. The van der Waals surface area contributed by atoms with Gasteiger partial charge in [0.1, 0.15) is 11.8 Å². The third-order valence-electron chi connectivity index (χ3n) is 5.10. The Hall–Kier alpha value is -3.84. The van der Waals surface area contributed by atoms with Crippen molar-refractivity contribution in [2.75, 3.05) is 22.6 Å². The number of ether oxygens (including phenoxy) is 1. The minimum Gasteiger partial charge on any atom is -0.497 e. The largest absolute Gasteiger partial charge is 0.497 e. The first-order valence-corrected chi connectivity index (χ1v) is 10.3. The quantitative estimate of drug-likeness (QED) is 0.606. The number of methoxy groups -OCH3 is 1. The number of hydrogen-bond donors (Lipinski definition) is 2. The van der Waals surface area contributed by atoms with Crippen LogP contribution in [0.4, 0.5) is 17.1 Å². The molecule has 1 aliphatic heterocycles. The van der Waals surface area contributed by atoms with Crippen molar-refractivity contribution >= 4 is 46.4 Å². The highest BCUT2D eigenvalue weighted by molar-refractivity contribution is 6.30. The number of anilines is 3. The summed E-state index contributed by atoms with van der Waals surface area (Å²) in [6.45, 7) is 0. The molecule has 32 heavy (non-hydrogen) atoms. The van der Waals surface area contributed by atoms with Gasteiger partial charge in [0.2, 0.25) is 11.8 Å². The van der Waals surface area contributed by atoms with E-state index in [1.807, 2.05) is 0 Å². The average molecular weight is 450 g/mol. The lowest BCUT2D eigenvalue weighted by molar-refractivity contribution is -0.122. The Morgan fingerprint density at radius 3 is 2.41 bits per heavy atom. The predicted octanol–water partition coefficient (Wildman–Crippen LogP) is 4.34. The van der Waals surface area contributed by atoms with Gasteiger partial charge in [0.05, 0.1) is 24.9 Å².